The lowest BCUT2D eigenvalue weighted by Gasteiger charge is -2.23. The van der Waals surface area contributed by atoms with Crippen molar-refractivity contribution in [1.82, 2.24) is 10.2 Å². The summed E-state index contributed by atoms with van der Waals surface area (Å²) >= 11 is 0. The van der Waals surface area contributed by atoms with Gasteiger partial charge in [0, 0.05) is 0 Å². The number of rotatable bonds is 7. The van der Waals surface area contributed by atoms with Gasteiger partial charge < -0.3 is 24.8 Å². The molecule has 0 saturated carbocycles. The topological polar surface area (TPSA) is 123 Å². The Hall–Kier alpha value is -4.08. The van der Waals surface area contributed by atoms with Gasteiger partial charge in [-0.3, -0.25) is 14.5 Å². The zero-order chi connectivity index (χ0) is 23.5. The Morgan fingerprint density at radius 3 is 2.38 bits per heavy atom. The number of urea groups is 1. The molecule has 2 aromatic rings. The standard InChI is InChI=1S/C22H23N3O7/c1-22(13-9-10-16(30-2)17(11-13)31-3)20(28)25(21(29)24-22)12-18(26)23-15-8-6-5-7-14(15)19(27)32-4/h5-11H,12H2,1-4H3,(H,23,26)(H,24,29). The van der Waals surface area contributed by atoms with Crippen molar-refractivity contribution in [1.29, 1.82) is 0 Å². The van der Waals surface area contributed by atoms with Crippen LogP contribution in [0.2, 0.25) is 0 Å². The van der Waals surface area contributed by atoms with Crippen LogP contribution in [-0.2, 0) is 19.9 Å². The maximum atomic E-state index is 13.1. The Bertz CT molecular complexity index is 1080. The number of esters is 1. The second-order valence-corrected chi connectivity index (χ2v) is 7.10. The first-order valence-corrected chi connectivity index (χ1v) is 9.59. The molecule has 3 rings (SSSR count). The molecule has 1 atom stereocenters. The van der Waals surface area contributed by atoms with Crippen molar-refractivity contribution in [3.8, 4) is 11.5 Å². The van der Waals surface area contributed by atoms with Crippen LogP contribution in [0, 0.1) is 0 Å². The van der Waals surface area contributed by atoms with Crippen molar-refractivity contribution in [2.45, 2.75) is 12.5 Å². The Kier molecular flexibility index (Phi) is 6.33. The largest absolute Gasteiger partial charge is 0.493 e. The number of carbonyl (C=O) groups excluding carboxylic acids is 4. The maximum Gasteiger partial charge on any atom is 0.339 e. The minimum Gasteiger partial charge on any atom is -0.493 e. The highest BCUT2D eigenvalue weighted by Gasteiger charge is 2.49. The Morgan fingerprint density at radius 2 is 1.72 bits per heavy atom. The molecule has 0 spiro atoms. The van der Waals surface area contributed by atoms with E-state index in [0.29, 0.717) is 17.1 Å². The van der Waals surface area contributed by atoms with Crippen LogP contribution in [-0.4, -0.2) is 56.6 Å². The summed E-state index contributed by atoms with van der Waals surface area (Å²) in [5.41, 5.74) is -0.580. The highest BCUT2D eigenvalue weighted by atomic mass is 16.5. The smallest absolute Gasteiger partial charge is 0.339 e. The van der Waals surface area contributed by atoms with Crippen molar-refractivity contribution >= 4 is 29.5 Å². The van der Waals surface area contributed by atoms with Gasteiger partial charge in [0.05, 0.1) is 32.6 Å². The molecule has 1 saturated heterocycles. The fourth-order valence-electron chi connectivity index (χ4n) is 3.40. The summed E-state index contributed by atoms with van der Waals surface area (Å²) in [5.74, 6) is -1.02. The molecular weight excluding hydrogens is 418 g/mol. The number of nitrogens with zero attached hydrogens (tertiary/aromatic N) is 1. The molecule has 2 aromatic carbocycles. The second-order valence-electron chi connectivity index (χ2n) is 7.10. The molecule has 0 radical (unpaired) electrons. The highest BCUT2D eigenvalue weighted by molar-refractivity contribution is 6.11. The van der Waals surface area contributed by atoms with Crippen molar-refractivity contribution in [3.63, 3.8) is 0 Å². The quantitative estimate of drug-likeness (QED) is 0.497. The summed E-state index contributed by atoms with van der Waals surface area (Å²) < 4.78 is 15.2. The number of amides is 4. The number of ether oxygens (including phenoxy) is 3. The van der Waals surface area contributed by atoms with Gasteiger partial charge >= 0.3 is 12.0 Å². The lowest BCUT2D eigenvalue weighted by molar-refractivity contribution is -0.133. The summed E-state index contributed by atoms with van der Waals surface area (Å²) in [5, 5.41) is 5.17. The molecule has 0 aliphatic carbocycles. The first-order valence-electron chi connectivity index (χ1n) is 9.59. The molecular formula is C22H23N3O7. The molecule has 10 heteroatoms. The number of methoxy groups -OCH3 is 3. The second kappa shape index (κ2) is 8.96. The fourth-order valence-corrected chi connectivity index (χ4v) is 3.40. The molecule has 0 bridgehead atoms. The summed E-state index contributed by atoms with van der Waals surface area (Å²) in [6.45, 7) is 1.00. The van der Waals surface area contributed by atoms with Crippen molar-refractivity contribution in [3.05, 3.63) is 53.6 Å². The van der Waals surface area contributed by atoms with Gasteiger partial charge in [0.2, 0.25) is 5.91 Å². The van der Waals surface area contributed by atoms with E-state index in [4.69, 9.17) is 14.2 Å². The third kappa shape index (κ3) is 4.07. The number of benzene rings is 2. The normalized spacial score (nSPS) is 17.6. The number of carbonyl (C=O) groups is 4. The van der Waals surface area contributed by atoms with Gasteiger partial charge in [-0.15, -0.1) is 0 Å². The molecule has 4 amide bonds. The van der Waals surface area contributed by atoms with Crippen molar-refractivity contribution < 1.29 is 33.4 Å². The van der Waals surface area contributed by atoms with E-state index < -0.39 is 35.9 Å². The zero-order valence-electron chi connectivity index (χ0n) is 18.1. The summed E-state index contributed by atoms with van der Waals surface area (Å²) in [4.78, 5) is 50.9. The van der Waals surface area contributed by atoms with Gasteiger partial charge in [-0.25, -0.2) is 9.59 Å². The fraction of sp³-hybridized carbons (Fsp3) is 0.273. The third-order valence-electron chi connectivity index (χ3n) is 5.14. The predicted molar refractivity (Wildman–Crippen MR) is 114 cm³/mol. The average molecular weight is 441 g/mol. The minimum absolute atomic E-state index is 0.149. The van der Waals surface area contributed by atoms with Crippen LogP contribution in [0.1, 0.15) is 22.8 Å². The zero-order valence-corrected chi connectivity index (χ0v) is 18.1. The van der Waals surface area contributed by atoms with Crippen molar-refractivity contribution in [2.75, 3.05) is 33.2 Å². The Labute approximate surface area is 184 Å². The molecule has 1 aliphatic rings. The van der Waals surface area contributed by atoms with Gasteiger partial charge in [-0.1, -0.05) is 18.2 Å². The van der Waals surface area contributed by atoms with Crippen LogP contribution in [0.15, 0.2) is 42.5 Å². The maximum absolute atomic E-state index is 13.1. The molecule has 0 aromatic heterocycles. The third-order valence-corrected chi connectivity index (χ3v) is 5.14. The van der Waals surface area contributed by atoms with Crippen LogP contribution in [0.3, 0.4) is 0 Å². The van der Waals surface area contributed by atoms with Gasteiger partial charge in [0.25, 0.3) is 5.91 Å². The molecule has 1 aliphatic heterocycles. The Balaban J connectivity index is 1.80. The van der Waals surface area contributed by atoms with E-state index in [2.05, 4.69) is 10.6 Å². The van der Waals surface area contributed by atoms with E-state index in [1.165, 1.54) is 33.5 Å². The van der Waals surface area contributed by atoms with E-state index in [9.17, 15) is 19.2 Å². The van der Waals surface area contributed by atoms with Crippen molar-refractivity contribution in [2.24, 2.45) is 0 Å². The molecule has 32 heavy (non-hydrogen) atoms. The number of imide groups is 1. The van der Waals surface area contributed by atoms with Gasteiger partial charge in [-0.05, 0) is 36.8 Å². The van der Waals surface area contributed by atoms with Crippen LogP contribution in [0.4, 0.5) is 10.5 Å². The van der Waals surface area contributed by atoms with E-state index in [-0.39, 0.29) is 11.3 Å². The van der Waals surface area contributed by atoms with Gasteiger partial charge in [0.1, 0.15) is 12.1 Å². The number of hydrogen-bond donors (Lipinski definition) is 2. The van der Waals surface area contributed by atoms with E-state index >= 15 is 0 Å². The molecule has 10 nitrogen and oxygen atoms in total. The predicted octanol–water partition coefficient (Wildman–Crippen LogP) is 1.90. The highest BCUT2D eigenvalue weighted by Crippen LogP contribution is 2.35. The molecule has 2 N–H and O–H groups in total. The number of anilines is 1. The van der Waals surface area contributed by atoms with Crippen LogP contribution < -0.4 is 20.1 Å². The molecule has 1 unspecified atom stereocenters. The number of para-hydroxylation sites is 1. The summed E-state index contributed by atoms with van der Waals surface area (Å²) in [7, 11) is 4.17. The van der Waals surface area contributed by atoms with E-state index in [1.54, 1.807) is 37.3 Å². The van der Waals surface area contributed by atoms with Gasteiger partial charge in [0.15, 0.2) is 11.5 Å². The molecule has 1 fully saturated rings. The van der Waals surface area contributed by atoms with E-state index in [0.717, 1.165) is 4.90 Å². The van der Waals surface area contributed by atoms with Crippen LogP contribution >= 0.6 is 0 Å². The molecule has 168 valence electrons. The van der Waals surface area contributed by atoms with E-state index in [1.807, 2.05) is 0 Å². The molecule has 1 heterocycles. The summed E-state index contributed by atoms with van der Waals surface area (Å²) in [6.07, 6.45) is 0. The first-order chi connectivity index (χ1) is 15.2. The average Bonchev–Trinajstić information content (AvgIpc) is 3.02. The lowest BCUT2D eigenvalue weighted by atomic mass is 9.91. The lowest BCUT2D eigenvalue weighted by Crippen LogP contribution is -2.42. The first kappa shape index (κ1) is 22.6. The monoisotopic (exact) mass is 441 g/mol. The number of nitrogens with one attached hydrogen (secondary N) is 2. The minimum atomic E-state index is -1.40. The van der Waals surface area contributed by atoms with Crippen LogP contribution in [0.5, 0.6) is 11.5 Å². The SMILES string of the molecule is COC(=O)c1ccccc1NC(=O)CN1C(=O)NC(C)(c2ccc(OC)c(OC)c2)C1=O. The van der Waals surface area contributed by atoms with Gasteiger partial charge in [-0.2, -0.15) is 0 Å². The Morgan fingerprint density at radius 1 is 1.03 bits per heavy atom. The van der Waals surface area contributed by atoms with Crippen LogP contribution in [0.25, 0.3) is 0 Å². The summed E-state index contributed by atoms with van der Waals surface area (Å²) in [6, 6.07) is 10.4. The number of hydrogen-bond acceptors (Lipinski definition) is 7.